The zero-order valence-corrected chi connectivity index (χ0v) is 13.1. The van der Waals surface area contributed by atoms with E-state index >= 15 is 0 Å². The SMILES string of the molecule is CCc1ccccc1NC(=O)NC1(c2ccc(C)cc2)CC1. The Bertz CT molecular complexity index is 672. The lowest BCUT2D eigenvalue weighted by Crippen LogP contribution is -2.38. The summed E-state index contributed by atoms with van der Waals surface area (Å²) in [6.07, 6.45) is 2.90. The zero-order chi connectivity index (χ0) is 15.6. The van der Waals surface area contributed by atoms with E-state index in [0.29, 0.717) is 0 Å². The number of hydrogen-bond acceptors (Lipinski definition) is 1. The van der Waals surface area contributed by atoms with Crippen LogP contribution < -0.4 is 10.6 Å². The summed E-state index contributed by atoms with van der Waals surface area (Å²) in [6.45, 7) is 4.16. The van der Waals surface area contributed by atoms with Gasteiger partial charge in [0.25, 0.3) is 0 Å². The maximum Gasteiger partial charge on any atom is 0.319 e. The summed E-state index contributed by atoms with van der Waals surface area (Å²) >= 11 is 0. The number of rotatable bonds is 4. The first-order valence-corrected chi connectivity index (χ1v) is 7.87. The molecular weight excluding hydrogens is 272 g/mol. The normalized spacial score (nSPS) is 15.2. The summed E-state index contributed by atoms with van der Waals surface area (Å²) in [7, 11) is 0. The summed E-state index contributed by atoms with van der Waals surface area (Å²) in [5.74, 6) is 0. The molecule has 2 aromatic rings. The highest BCUT2D eigenvalue weighted by molar-refractivity contribution is 5.91. The lowest BCUT2D eigenvalue weighted by molar-refractivity contribution is 0.247. The van der Waals surface area contributed by atoms with Crippen LogP contribution in [0.4, 0.5) is 10.5 Å². The van der Waals surface area contributed by atoms with Gasteiger partial charge in [0.2, 0.25) is 0 Å². The monoisotopic (exact) mass is 294 g/mol. The van der Waals surface area contributed by atoms with E-state index in [9.17, 15) is 4.79 Å². The number of anilines is 1. The average molecular weight is 294 g/mol. The quantitative estimate of drug-likeness (QED) is 0.864. The first-order valence-electron chi connectivity index (χ1n) is 7.87. The van der Waals surface area contributed by atoms with Gasteiger partial charge in [0.05, 0.1) is 5.54 Å². The Morgan fingerprint density at radius 1 is 1.09 bits per heavy atom. The molecular formula is C19H22N2O. The average Bonchev–Trinajstić information content (AvgIpc) is 3.29. The Balaban J connectivity index is 1.70. The number of para-hydroxylation sites is 1. The lowest BCUT2D eigenvalue weighted by atomic mass is 10.0. The van der Waals surface area contributed by atoms with Gasteiger partial charge in [0.15, 0.2) is 0 Å². The van der Waals surface area contributed by atoms with Crippen molar-refractivity contribution in [3.63, 3.8) is 0 Å². The Labute approximate surface area is 131 Å². The number of benzene rings is 2. The molecule has 0 atom stereocenters. The van der Waals surface area contributed by atoms with E-state index in [1.807, 2.05) is 24.3 Å². The van der Waals surface area contributed by atoms with Gasteiger partial charge < -0.3 is 10.6 Å². The van der Waals surface area contributed by atoms with Crippen LogP contribution in [-0.2, 0) is 12.0 Å². The minimum absolute atomic E-state index is 0.126. The molecule has 0 radical (unpaired) electrons. The van der Waals surface area contributed by atoms with Crippen molar-refractivity contribution >= 4 is 11.7 Å². The topological polar surface area (TPSA) is 41.1 Å². The molecule has 1 fully saturated rings. The largest absolute Gasteiger partial charge is 0.328 e. The fourth-order valence-electron chi connectivity index (χ4n) is 2.80. The highest BCUT2D eigenvalue weighted by Crippen LogP contribution is 2.45. The van der Waals surface area contributed by atoms with Crippen molar-refractivity contribution in [3.05, 3.63) is 65.2 Å². The third kappa shape index (κ3) is 2.98. The van der Waals surface area contributed by atoms with Crippen LogP contribution in [0, 0.1) is 6.92 Å². The van der Waals surface area contributed by atoms with Crippen LogP contribution in [0.3, 0.4) is 0 Å². The number of carbonyl (C=O) groups is 1. The van der Waals surface area contributed by atoms with Gasteiger partial charge in [-0.2, -0.15) is 0 Å². The molecule has 2 N–H and O–H groups in total. The van der Waals surface area contributed by atoms with Crippen LogP contribution in [0.1, 0.15) is 36.5 Å². The van der Waals surface area contributed by atoms with Crippen molar-refractivity contribution in [1.29, 1.82) is 0 Å². The standard InChI is InChI=1S/C19H22N2O/c1-3-15-6-4-5-7-17(15)20-18(22)21-19(12-13-19)16-10-8-14(2)9-11-16/h4-11H,3,12-13H2,1-2H3,(H2,20,21,22). The van der Waals surface area contributed by atoms with Crippen molar-refractivity contribution in [2.75, 3.05) is 5.32 Å². The molecule has 0 spiro atoms. The van der Waals surface area contributed by atoms with Gasteiger partial charge in [-0.15, -0.1) is 0 Å². The molecule has 1 saturated carbocycles. The highest BCUT2D eigenvalue weighted by atomic mass is 16.2. The Kier molecular flexibility index (Phi) is 3.88. The fourth-order valence-corrected chi connectivity index (χ4v) is 2.80. The summed E-state index contributed by atoms with van der Waals surface area (Å²) in [5.41, 5.74) is 4.29. The summed E-state index contributed by atoms with van der Waals surface area (Å²) in [6, 6.07) is 16.2. The van der Waals surface area contributed by atoms with Crippen LogP contribution in [0.25, 0.3) is 0 Å². The second-order valence-electron chi connectivity index (χ2n) is 6.04. The van der Waals surface area contributed by atoms with Gasteiger partial charge in [-0.05, 0) is 43.4 Å². The van der Waals surface area contributed by atoms with Crippen LogP contribution in [0.5, 0.6) is 0 Å². The fraction of sp³-hybridized carbons (Fsp3) is 0.316. The second-order valence-corrected chi connectivity index (χ2v) is 6.04. The van der Waals surface area contributed by atoms with E-state index in [4.69, 9.17) is 0 Å². The van der Waals surface area contributed by atoms with E-state index in [2.05, 4.69) is 48.7 Å². The molecule has 0 aromatic heterocycles. The van der Waals surface area contributed by atoms with Gasteiger partial charge in [-0.25, -0.2) is 4.79 Å². The van der Waals surface area contributed by atoms with E-state index in [-0.39, 0.29) is 11.6 Å². The first-order chi connectivity index (χ1) is 10.6. The van der Waals surface area contributed by atoms with Crippen LogP contribution in [-0.4, -0.2) is 6.03 Å². The predicted octanol–water partition coefficient (Wildman–Crippen LogP) is 4.37. The molecule has 0 heterocycles. The van der Waals surface area contributed by atoms with Gasteiger partial charge in [0.1, 0.15) is 0 Å². The number of carbonyl (C=O) groups excluding carboxylic acids is 1. The number of urea groups is 1. The van der Waals surface area contributed by atoms with E-state index < -0.39 is 0 Å². The third-order valence-corrected chi connectivity index (χ3v) is 4.35. The highest BCUT2D eigenvalue weighted by Gasteiger charge is 2.45. The minimum atomic E-state index is -0.182. The molecule has 1 aliphatic carbocycles. The Morgan fingerprint density at radius 2 is 1.77 bits per heavy atom. The predicted molar refractivity (Wildman–Crippen MR) is 90.1 cm³/mol. The van der Waals surface area contributed by atoms with Gasteiger partial charge >= 0.3 is 6.03 Å². The summed E-state index contributed by atoms with van der Waals surface area (Å²) in [5, 5.41) is 6.14. The zero-order valence-electron chi connectivity index (χ0n) is 13.1. The number of hydrogen-bond donors (Lipinski definition) is 2. The molecule has 3 heteroatoms. The molecule has 3 nitrogen and oxygen atoms in total. The molecule has 0 saturated heterocycles. The van der Waals surface area contributed by atoms with Crippen molar-refractivity contribution in [1.82, 2.24) is 5.32 Å². The molecule has 2 aromatic carbocycles. The maximum absolute atomic E-state index is 12.4. The summed E-state index contributed by atoms with van der Waals surface area (Å²) < 4.78 is 0. The first kappa shape index (κ1) is 14.6. The van der Waals surface area contributed by atoms with Crippen LogP contribution >= 0.6 is 0 Å². The number of aryl methyl sites for hydroxylation is 2. The van der Waals surface area contributed by atoms with Gasteiger partial charge in [-0.3, -0.25) is 0 Å². The van der Waals surface area contributed by atoms with Gasteiger partial charge in [0, 0.05) is 5.69 Å². The van der Waals surface area contributed by atoms with Crippen LogP contribution in [0.15, 0.2) is 48.5 Å². The number of nitrogens with one attached hydrogen (secondary N) is 2. The van der Waals surface area contributed by atoms with Crippen molar-refractivity contribution < 1.29 is 4.79 Å². The van der Waals surface area contributed by atoms with Crippen molar-refractivity contribution in [3.8, 4) is 0 Å². The molecule has 3 rings (SSSR count). The van der Waals surface area contributed by atoms with Crippen molar-refractivity contribution in [2.45, 2.75) is 38.6 Å². The maximum atomic E-state index is 12.4. The molecule has 114 valence electrons. The summed E-state index contributed by atoms with van der Waals surface area (Å²) in [4.78, 5) is 12.4. The van der Waals surface area contributed by atoms with E-state index in [0.717, 1.165) is 30.5 Å². The molecule has 22 heavy (non-hydrogen) atoms. The second kappa shape index (κ2) is 5.84. The van der Waals surface area contributed by atoms with Gasteiger partial charge in [-0.1, -0.05) is 55.0 Å². The van der Waals surface area contributed by atoms with E-state index in [1.54, 1.807) is 0 Å². The number of amides is 2. The smallest absolute Gasteiger partial charge is 0.319 e. The Hall–Kier alpha value is -2.29. The Morgan fingerprint density at radius 3 is 2.41 bits per heavy atom. The molecule has 0 bridgehead atoms. The lowest BCUT2D eigenvalue weighted by Gasteiger charge is -2.19. The molecule has 0 unspecified atom stereocenters. The minimum Gasteiger partial charge on any atom is -0.328 e. The third-order valence-electron chi connectivity index (χ3n) is 4.35. The molecule has 1 aliphatic rings. The molecule has 2 amide bonds. The van der Waals surface area contributed by atoms with Crippen LogP contribution in [0.2, 0.25) is 0 Å². The molecule has 0 aliphatic heterocycles. The van der Waals surface area contributed by atoms with Crippen molar-refractivity contribution in [2.24, 2.45) is 0 Å². The van der Waals surface area contributed by atoms with E-state index in [1.165, 1.54) is 11.1 Å².